The van der Waals surface area contributed by atoms with Crippen molar-refractivity contribution in [1.29, 1.82) is 0 Å². The highest BCUT2D eigenvalue weighted by atomic mass is 35.5. The molecule has 0 spiro atoms. The molecule has 21 heavy (non-hydrogen) atoms. The largest absolute Gasteiger partial charge is 0.396 e. The highest BCUT2D eigenvalue weighted by molar-refractivity contribution is 7.92. The zero-order valence-electron chi connectivity index (χ0n) is 10.8. The molecule has 0 atom stereocenters. The normalized spacial score (nSPS) is 11.4. The summed E-state index contributed by atoms with van der Waals surface area (Å²) < 4.78 is 53.0. The number of nitrogen functional groups attached to an aromatic ring is 1. The van der Waals surface area contributed by atoms with Crippen molar-refractivity contribution in [3.8, 4) is 0 Å². The Labute approximate surface area is 125 Å². The Morgan fingerprint density at radius 1 is 1.19 bits per heavy atom. The Morgan fingerprint density at radius 2 is 1.86 bits per heavy atom. The van der Waals surface area contributed by atoms with E-state index >= 15 is 0 Å². The first kappa shape index (κ1) is 15.5. The minimum Gasteiger partial charge on any atom is -0.396 e. The molecule has 0 radical (unpaired) electrons. The van der Waals surface area contributed by atoms with Crippen molar-refractivity contribution in [3.05, 3.63) is 52.6 Å². The fraction of sp³-hybridized carbons (Fsp3) is 0.0769. The number of hydrogen-bond acceptors (Lipinski definition) is 3. The van der Waals surface area contributed by atoms with Gasteiger partial charge in [-0.05, 0) is 42.8 Å². The predicted octanol–water partition coefficient (Wildman–Crippen LogP) is 3.31. The molecule has 0 amide bonds. The molecule has 2 rings (SSSR count). The smallest absolute Gasteiger partial charge is 0.262 e. The molecular formula is C13H11ClF2N2O2S. The Hall–Kier alpha value is -1.86. The van der Waals surface area contributed by atoms with E-state index in [0.29, 0.717) is 0 Å². The number of halogens is 3. The molecule has 0 aliphatic heterocycles. The van der Waals surface area contributed by atoms with Crippen molar-refractivity contribution in [2.45, 2.75) is 11.8 Å². The van der Waals surface area contributed by atoms with E-state index in [2.05, 4.69) is 4.72 Å². The summed E-state index contributed by atoms with van der Waals surface area (Å²) >= 11 is 5.76. The summed E-state index contributed by atoms with van der Waals surface area (Å²) in [6.07, 6.45) is 0. The summed E-state index contributed by atoms with van der Waals surface area (Å²) in [5, 5.41) is -0.0922. The third-order valence-electron chi connectivity index (χ3n) is 2.74. The predicted molar refractivity (Wildman–Crippen MR) is 77.8 cm³/mol. The van der Waals surface area contributed by atoms with Crippen molar-refractivity contribution in [1.82, 2.24) is 0 Å². The lowest BCUT2D eigenvalue weighted by atomic mass is 10.2. The molecule has 0 saturated carbocycles. The number of sulfonamides is 1. The molecule has 2 aromatic rings. The van der Waals surface area contributed by atoms with Gasteiger partial charge in [-0.25, -0.2) is 17.2 Å². The van der Waals surface area contributed by atoms with Crippen LogP contribution in [0.4, 0.5) is 20.2 Å². The molecule has 0 fully saturated rings. The van der Waals surface area contributed by atoms with E-state index < -0.39 is 21.7 Å². The number of aryl methyl sites for hydroxylation is 1. The first-order chi connectivity index (χ1) is 9.70. The molecule has 0 bridgehead atoms. The van der Waals surface area contributed by atoms with E-state index in [0.717, 1.165) is 24.3 Å². The van der Waals surface area contributed by atoms with Gasteiger partial charge < -0.3 is 5.73 Å². The third kappa shape index (κ3) is 3.25. The van der Waals surface area contributed by atoms with Crippen molar-refractivity contribution in [2.24, 2.45) is 0 Å². The second-order valence-corrected chi connectivity index (χ2v) is 6.46. The van der Waals surface area contributed by atoms with Crippen molar-refractivity contribution >= 4 is 33.0 Å². The number of benzene rings is 2. The summed E-state index contributed by atoms with van der Waals surface area (Å²) in [4.78, 5) is -0.209. The van der Waals surface area contributed by atoms with Crippen LogP contribution in [0.25, 0.3) is 0 Å². The van der Waals surface area contributed by atoms with Crippen LogP contribution < -0.4 is 10.5 Å². The second kappa shape index (κ2) is 5.50. The van der Waals surface area contributed by atoms with Gasteiger partial charge in [0.05, 0.1) is 21.3 Å². The van der Waals surface area contributed by atoms with Crippen molar-refractivity contribution in [3.63, 3.8) is 0 Å². The molecule has 0 aliphatic rings. The third-order valence-corrected chi connectivity index (χ3v) is 4.40. The first-order valence-corrected chi connectivity index (χ1v) is 7.60. The molecule has 3 N–H and O–H groups in total. The second-order valence-electron chi connectivity index (χ2n) is 4.37. The zero-order valence-corrected chi connectivity index (χ0v) is 12.4. The molecule has 4 nitrogen and oxygen atoms in total. The van der Waals surface area contributed by atoms with Crippen LogP contribution in [0.5, 0.6) is 0 Å². The van der Waals surface area contributed by atoms with E-state index in [1.165, 1.54) is 13.0 Å². The molecule has 0 unspecified atom stereocenters. The maximum absolute atomic E-state index is 13.4. The molecule has 0 saturated heterocycles. The first-order valence-electron chi connectivity index (χ1n) is 5.74. The summed E-state index contributed by atoms with van der Waals surface area (Å²) in [6, 6.07) is 5.38. The van der Waals surface area contributed by atoms with Gasteiger partial charge in [0.2, 0.25) is 0 Å². The van der Waals surface area contributed by atoms with Crippen molar-refractivity contribution in [2.75, 3.05) is 10.5 Å². The number of nitrogens with one attached hydrogen (secondary N) is 1. The highest BCUT2D eigenvalue weighted by Gasteiger charge is 2.18. The molecule has 8 heteroatoms. The zero-order chi connectivity index (χ0) is 15.8. The van der Waals surface area contributed by atoms with E-state index in [4.69, 9.17) is 17.3 Å². The molecule has 112 valence electrons. The average Bonchev–Trinajstić information content (AvgIpc) is 2.38. The summed E-state index contributed by atoms with van der Waals surface area (Å²) in [7, 11) is -4.01. The van der Waals surface area contributed by atoms with Gasteiger partial charge in [0, 0.05) is 0 Å². The maximum atomic E-state index is 13.4. The van der Waals surface area contributed by atoms with Crippen LogP contribution in [0, 0.1) is 18.6 Å². The van der Waals surface area contributed by atoms with Crippen LogP contribution in [-0.2, 0) is 10.0 Å². The summed E-state index contributed by atoms with van der Waals surface area (Å²) in [6.45, 7) is 1.40. The van der Waals surface area contributed by atoms with Crippen LogP contribution >= 0.6 is 11.6 Å². The van der Waals surface area contributed by atoms with Crippen LogP contribution in [0.3, 0.4) is 0 Å². The fourth-order valence-corrected chi connectivity index (χ4v) is 3.16. The maximum Gasteiger partial charge on any atom is 0.262 e. The SMILES string of the molecule is Cc1cc(S(=O)(=O)Nc2ccc(F)cc2Cl)cc(N)c1F. The quantitative estimate of drug-likeness (QED) is 0.847. The lowest BCUT2D eigenvalue weighted by molar-refractivity contribution is 0.599. The van der Waals surface area contributed by atoms with Gasteiger partial charge in [-0.1, -0.05) is 11.6 Å². The number of anilines is 2. The minimum atomic E-state index is -4.01. The lowest BCUT2D eigenvalue weighted by Crippen LogP contribution is -2.14. The van der Waals surface area contributed by atoms with Gasteiger partial charge in [-0.2, -0.15) is 0 Å². The van der Waals surface area contributed by atoms with E-state index in [1.54, 1.807) is 0 Å². The van der Waals surface area contributed by atoms with Gasteiger partial charge >= 0.3 is 0 Å². The summed E-state index contributed by atoms with van der Waals surface area (Å²) in [5.74, 6) is -1.27. The standard InChI is InChI=1S/C13H11ClF2N2O2S/c1-7-4-9(6-11(17)13(7)16)21(19,20)18-12-3-2-8(15)5-10(12)14/h2-6,18H,17H2,1H3. The molecule has 0 aliphatic carbocycles. The minimum absolute atomic E-state index is 0.0126. The highest BCUT2D eigenvalue weighted by Crippen LogP contribution is 2.27. The van der Waals surface area contributed by atoms with Crippen LogP contribution in [0.2, 0.25) is 5.02 Å². The van der Waals surface area contributed by atoms with E-state index in [-0.39, 0.29) is 26.9 Å². The van der Waals surface area contributed by atoms with Crippen LogP contribution in [0.15, 0.2) is 35.2 Å². The van der Waals surface area contributed by atoms with Crippen LogP contribution in [0.1, 0.15) is 5.56 Å². The fourth-order valence-electron chi connectivity index (χ4n) is 1.69. The van der Waals surface area contributed by atoms with E-state index in [9.17, 15) is 17.2 Å². The Bertz CT molecular complexity index is 787. The van der Waals surface area contributed by atoms with E-state index in [1.807, 2.05) is 0 Å². The van der Waals surface area contributed by atoms with Gasteiger partial charge in [0.25, 0.3) is 10.0 Å². The van der Waals surface area contributed by atoms with Crippen molar-refractivity contribution < 1.29 is 17.2 Å². The molecule has 0 aromatic heterocycles. The number of hydrogen-bond donors (Lipinski definition) is 2. The number of rotatable bonds is 3. The van der Waals surface area contributed by atoms with Crippen LogP contribution in [-0.4, -0.2) is 8.42 Å². The van der Waals surface area contributed by atoms with Gasteiger partial charge in [-0.3, -0.25) is 4.72 Å². The molecular weight excluding hydrogens is 322 g/mol. The van der Waals surface area contributed by atoms with Gasteiger partial charge in [0.15, 0.2) is 0 Å². The topological polar surface area (TPSA) is 72.2 Å². The monoisotopic (exact) mass is 332 g/mol. The summed E-state index contributed by atoms with van der Waals surface area (Å²) in [5.41, 5.74) is 5.25. The molecule has 2 aromatic carbocycles. The molecule has 0 heterocycles. The average molecular weight is 333 g/mol. The van der Waals surface area contributed by atoms with Gasteiger partial charge in [-0.15, -0.1) is 0 Å². The lowest BCUT2D eigenvalue weighted by Gasteiger charge is -2.11. The van der Waals surface area contributed by atoms with Gasteiger partial charge in [0.1, 0.15) is 11.6 Å². The Morgan fingerprint density at radius 3 is 2.43 bits per heavy atom. The number of nitrogens with two attached hydrogens (primary N) is 1. The Kier molecular flexibility index (Phi) is 4.06. The Balaban J connectivity index is 2.43.